The fourth-order valence-electron chi connectivity index (χ4n) is 1.87. The number of carbonyl (C=O) groups excluding carboxylic acids is 1. The number of carboxylic acid groups (broad SMARTS) is 1. The summed E-state index contributed by atoms with van der Waals surface area (Å²) in [5.74, 6) is -0.776. The van der Waals surface area contributed by atoms with Gasteiger partial charge in [-0.25, -0.2) is 4.79 Å². The zero-order valence-electron chi connectivity index (χ0n) is 13.8. The first-order valence-corrected chi connectivity index (χ1v) is 7.56. The number of nitriles is 2. The first-order chi connectivity index (χ1) is 11.9. The number of benzene rings is 1. The lowest BCUT2D eigenvalue weighted by atomic mass is 10.1. The number of carboxylic acids is 1. The van der Waals surface area contributed by atoms with Crippen molar-refractivity contribution in [3.05, 3.63) is 41.5 Å². The molecule has 1 fully saturated rings. The van der Waals surface area contributed by atoms with Crippen molar-refractivity contribution in [2.75, 3.05) is 0 Å². The van der Waals surface area contributed by atoms with Crippen LogP contribution in [0, 0.1) is 22.7 Å². The maximum Gasteiger partial charge on any atom is 0.330 e. The molecule has 1 aliphatic rings. The molecule has 1 heterocycles. The number of hydrogen-bond acceptors (Lipinski definition) is 6. The SMILES string of the molecule is C=C(C)C(=O)O.N#Cc1ccc(OC2CCCCC(=O)O2)cc1C#N. The summed E-state index contributed by atoms with van der Waals surface area (Å²) >= 11 is 0. The molecule has 0 amide bonds. The van der Waals surface area contributed by atoms with E-state index in [1.165, 1.54) is 19.1 Å². The second-order valence-corrected chi connectivity index (χ2v) is 5.30. The summed E-state index contributed by atoms with van der Waals surface area (Å²) in [6.45, 7) is 4.60. The van der Waals surface area contributed by atoms with Crippen molar-refractivity contribution < 1.29 is 24.2 Å². The minimum Gasteiger partial charge on any atom is -0.478 e. The van der Waals surface area contributed by atoms with E-state index in [9.17, 15) is 9.59 Å². The van der Waals surface area contributed by atoms with E-state index in [1.54, 1.807) is 6.07 Å². The molecule has 1 N–H and O–H groups in total. The van der Waals surface area contributed by atoms with E-state index < -0.39 is 12.3 Å². The molecule has 0 radical (unpaired) electrons. The lowest BCUT2D eigenvalue weighted by molar-refractivity contribution is -0.162. The molecule has 130 valence electrons. The van der Waals surface area contributed by atoms with Crippen molar-refractivity contribution in [2.24, 2.45) is 0 Å². The van der Waals surface area contributed by atoms with E-state index in [2.05, 4.69) is 6.58 Å². The summed E-state index contributed by atoms with van der Waals surface area (Å²) in [6.07, 6.45) is 2.09. The summed E-state index contributed by atoms with van der Waals surface area (Å²) in [5, 5.41) is 25.6. The smallest absolute Gasteiger partial charge is 0.330 e. The number of hydrogen-bond donors (Lipinski definition) is 1. The van der Waals surface area contributed by atoms with Crippen LogP contribution in [0.25, 0.3) is 0 Å². The fraction of sp³-hybridized carbons (Fsp3) is 0.333. The lowest BCUT2D eigenvalue weighted by Gasteiger charge is -2.17. The van der Waals surface area contributed by atoms with E-state index in [4.69, 9.17) is 25.1 Å². The maximum atomic E-state index is 11.3. The van der Waals surface area contributed by atoms with Gasteiger partial charge >= 0.3 is 11.9 Å². The summed E-state index contributed by atoms with van der Waals surface area (Å²) in [5.41, 5.74) is 0.725. The summed E-state index contributed by atoms with van der Waals surface area (Å²) in [4.78, 5) is 20.9. The Hall–Kier alpha value is -3.32. The number of nitrogens with zero attached hydrogens (tertiary/aromatic N) is 2. The van der Waals surface area contributed by atoms with Crippen LogP contribution in [0.4, 0.5) is 0 Å². The van der Waals surface area contributed by atoms with E-state index in [0.717, 1.165) is 12.8 Å². The largest absolute Gasteiger partial charge is 0.478 e. The third-order valence-electron chi connectivity index (χ3n) is 3.20. The van der Waals surface area contributed by atoms with Gasteiger partial charge in [-0.1, -0.05) is 6.58 Å². The van der Waals surface area contributed by atoms with Crippen LogP contribution >= 0.6 is 0 Å². The average molecular weight is 342 g/mol. The van der Waals surface area contributed by atoms with Gasteiger partial charge in [0.15, 0.2) is 0 Å². The Balaban J connectivity index is 0.000000450. The Morgan fingerprint density at radius 1 is 1.32 bits per heavy atom. The molecule has 1 unspecified atom stereocenters. The van der Waals surface area contributed by atoms with Gasteiger partial charge in [-0.05, 0) is 38.0 Å². The number of aliphatic carboxylic acids is 1. The molecule has 0 saturated carbocycles. The first-order valence-electron chi connectivity index (χ1n) is 7.56. The van der Waals surface area contributed by atoms with Crippen molar-refractivity contribution in [3.8, 4) is 17.9 Å². The predicted molar refractivity (Wildman–Crippen MR) is 87.3 cm³/mol. The maximum absolute atomic E-state index is 11.3. The van der Waals surface area contributed by atoms with Crippen molar-refractivity contribution in [1.29, 1.82) is 10.5 Å². The highest BCUT2D eigenvalue weighted by molar-refractivity contribution is 5.84. The summed E-state index contributed by atoms with van der Waals surface area (Å²) in [7, 11) is 0. The Labute approximate surface area is 145 Å². The molecule has 1 atom stereocenters. The van der Waals surface area contributed by atoms with Gasteiger partial charge in [0, 0.05) is 18.4 Å². The Bertz CT molecular complexity index is 731. The molecular weight excluding hydrogens is 324 g/mol. The zero-order valence-corrected chi connectivity index (χ0v) is 13.8. The third-order valence-corrected chi connectivity index (χ3v) is 3.20. The van der Waals surface area contributed by atoms with Crippen LogP contribution in [0.5, 0.6) is 5.75 Å². The first kappa shape index (κ1) is 19.7. The molecule has 1 aromatic rings. The van der Waals surface area contributed by atoms with E-state index in [-0.39, 0.29) is 17.1 Å². The quantitative estimate of drug-likeness (QED) is 0.662. The van der Waals surface area contributed by atoms with Crippen molar-refractivity contribution in [2.45, 2.75) is 38.9 Å². The summed E-state index contributed by atoms with van der Waals surface area (Å²) in [6, 6.07) is 8.47. The van der Waals surface area contributed by atoms with Crippen LogP contribution in [-0.2, 0) is 14.3 Å². The van der Waals surface area contributed by atoms with Gasteiger partial charge in [0.1, 0.15) is 17.9 Å². The van der Waals surface area contributed by atoms with Gasteiger partial charge in [-0.3, -0.25) is 4.79 Å². The van der Waals surface area contributed by atoms with Gasteiger partial charge in [0.2, 0.25) is 6.29 Å². The van der Waals surface area contributed by atoms with Crippen LogP contribution in [0.2, 0.25) is 0 Å². The molecule has 7 heteroatoms. The van der Waals surface area contributed by atoms with Crippen LogP contribution in [0.1, 0.15) is 43.7 Å². The number of carbonyl (C=O) groups is 2. The van der Waals surface area contributed by atoms with Crippen molar-refractivity contribution in [1.82, 2.24) is 0 Å². The highest BCUT2D eigenvalue weighted by Crippen LogP contribution is 2.22. The highest BCUT2D eigenvalue weighted by Gasteiger charge is 2.20. The van der Waals surface area contributed by atoms with E-state index >= 15 is 0 Å². The minimum atomic E-state index is -0.935. The number of esters is 1. The molecule has 1 saturated heterocycles. The fourth-order valence-corrected chi connectivity index (χ4v) is 1.87. The molecule has 2 rings (SSSR count). The van der Waals surface area contributed by atoms with Gasteiger partial charge < -0.3 is 14.6 Å². The molecule has 7 nitrogen and oxygen atoms in total. The van der Waals surface area contributed by atoms with Gasteiger partial charge in [-0.2, -0.15) is 10.5 Å². The van der Waals surface area contributed by atoms with Crippen LogP contribution < -0.4 is 4.74 Å². The Morgan fingerprint density at radius 3 is 2.52 bits per heavy atom. The lowest BCUT2D eigenvalue weighted by Crippen LogP contribution is -2.22. The number of rotatable bonds is 3. The van der Waals surface area contributed by atoms with Crippen LogP contribution in [0.15, 0.2) is 30.4 Å². The standard InChI is InChI=1S/C14H12N2O3.C4H6O2/c15-8-10-5-6-12(7-11(10)9-16)18-14-4-2-1-3-13(17)19-14;1-3(2)4(5)6/h5-7,14H,1-4H2;1H2,2H3,(H,5,6). The van der Waals surface area contributed by atoms with Gasteiger partial charge in [0.25, 0.3) is 0 Å². The van der Waals surface area contributed by atoms with Crippen molar-refractivity contribution in [3.63, 3.8) is 0 Å². The topological polar surface area (TPSA) is 120 Å². The average Bonchev–Trinajstić information content (AvgIpc) is 2.79. The monoisotopic (exact) mass is 342 g/mol. The normalized spacial score (nSPS) is 16.0. The third kappa shape index (κ3) is 6.76. The molecule has 0 aliphatic carbocycles. The number of ether oxygens (including phenoxy) is 2. The molecule has 1 aromatic carbocycles. The van der Waals surface area contributed by atoms with Crippen LogP contribution in [0.3, 0.4) is 0 Å². The van der Waals surface area contributed by atoms with E-state index in [1.807, 2.05) is 12.1 Å². The van der Waals surface area contributed by atoms with E-state index in [0.29, 0.717) is 24.2 Å². The molecule has 1 aliphatic heterocycles. The molecule has 0 aromatic heterocycles. The molecule has 25 heavy (non-hydrogen) atoms. The number of cyclic esters (lactones) is 1. The molecule has 0 bridgehead atoms. The second kappa shape index (κ2) is 9.74. The van der Waals surface area contributed by atoms with Crippen molar-refractivity contribution >= 4 is 11.9 Å². The Kier molecular flexibility index (Phi) is 7.68. The molecule has 0 spiro atoms. The molecular formula is C18H18N2O5. The van der Waals surface area contributed by atoms with Gasteiger partial charge in [-0.15, -0.1) is 0 Å². The second-order valence-electron chi connectivity index (χ2n) is 5.30. The van der Waals surface area contributed by atoms with Gasteiger partial charge in [0.05, 0.1) is 11.1 Å². The minimum absolute atomic E-state index is 0.176. The highest BCUT2D eigenvalue weighted by atomic mass is 16.7. The van der Waals surface area contributed by atoms with Crippen LogP contribution in [-0.4, -0.2) is 23.3 Å². The zero-order chi connectivity index (χ0) is 18.8. The summed E-state index contributed by atoms with van der Waals surface area (Å²) < 4.78 is 10.7. The Morgan fingerprint density at radius 2 is 1.96 bits per heavy atom. The predicted octanol–water partition coefficient (Wildman–Crippen LogP) is 2.90.